The average Bonchev–Trinajstić information content (AvgIpc) is 2.54. The van der Waals surface area contributed by atoms with Crippen molar-refractivity contribution in [3.8, 4) is 0 Å². The molecule has 1 aliphatic carbocycles. The molecule has 0 radical (unpaired) electrons. The summed E-state index contributed by atoms with van der Waals surface area (Å²) in [7, 11) is 0. The predicted molar refractivity (Wildman–Crippen MR) is 32.6 cm³/mol. The van der Waals surface area contributed by atoms with Gasteiger partial charge in [0.1, 0.15) is 0 Å². The van der Waals surface area contributed by atoms with E-state index in [1.807, 2.05) is 0 Å². The molecule has 0 bridgehead atoms. The lowest BCUT2D eigenvalue weighted by atomic mass is 10.3. The van der Waals surface area contributed by atoms with Gasteiger partial charge in [-0.1, -0.05) is 0 Å². The lowest BCUT2D eigenvalue weighted by Crippen LogP contribution is -1.95. The van der Waals surface area contributed by atoms with E-state index in [2.05, 4.69) is 6.58 Å². The number of ether oxygens (including phenoxy) is 2. The molecule has 2 aliphatic rings. The van der Waals surface area contributed by atoms with E-state index >= 15 is 0 Å². The van der Waals surface area contributed by atoms with E-state index in [1.165, 1.54) is 6.42 Å². The molecule has 2 unspecified atom stereocenters. The van der Waals surface area contributed by atoms with E-state index in [0.717, 1.165) is 25.0 Å². The number of hydrogen-bond donors (Lipinski definition) is 0. The highest BCUT2D eigenvalue weighted by Crippen LogP contribution is 2.41. The second-order valence-electron chi connectivity index (χ2n) is 2.75. The summed E-state index contributed by atoms with van der Waals surface area (Å²) in [5.74, 6) is 2.04. The van der Waals surface area contributed by atoms with Gasteiger partial charge in [-0.2, -0.15) is 0 Å². The molecule has 2 heteroatoms. The Kier molecular flexibility index (Phi) is 0.949. The zero-order valence-electron chi connectivity index (χ0n) is 5.30. The van der Waals surface area contributed by atoms with Gasteiger partial charge in [-0.25, -0.2) is 0 Å². The quantitative estimate of drug-likeness (QED) is 0.484. The first-order chi connectivity index (χ1) is 4.36. The Morgan fingerprint density at radius 1 is 1.22 bits per heavy atom. The van der Waals surface area contributed by atoms with E-state index in [1.54, 1.807) is 0 Å². The van der Waals surface area contributed by atoms with Gasteiger partial charge in [-0.15, -0.1) is 0 Å². The first kappa shape index (κ1) is 5.15. The molecule has 0 N–H and O–H groups in total. The van der Waals surface area contributed by atoms with Crippen LogP contribution in [0.3, 0.4) is 0 Å². The minimum atomic E-state index is 0.502. The summed E-state index contributed by atoms with van der Waals surface area (Å²) < 4.78 is 10.3. The molecule has 2 atom stereocenters. The van der Waals surface area contributed by atoms with Crippen molar-refractivity contribution in [2.24, 2.45) is 11.8 Å². The van der Waals surface area contributed by atoms with Crippen LogP contribution in [0.2, 0.25) is 0 Å². The molecular weight excluding hydrogens is 116 g/mol. The molecule has 1 aliphatic heterocycles. The van der Waals surface area contributed by atoms with Crippen LogP contribution in [-0.2, 0) is 9.47 Å². The molecule has 0 spiro atoms. The molecule has 1 saturated heterocycles. The zero-order valence-corrected chi connectivity index (χ0v) is 5.30. The normalized spacial score (nSPS) is 39.8. The average molecular weight is 126 g/mol. The number of fused-ring (bicyclic) bond motifs is 1. The SMILES string of the molecule is C=C1OCC2CC2CO1. The monoisotopic (exact) mass is 126 g/mol. The van der Waals surface area contributed by atoms with Crippen molar-refractivity contribution < 1.29 is 9.47 Å². The first-order valence-corrected chi connectivity index (χ1v) is 3.31. The molecule has 0 amide bonds. The van der Waals surface area contributed by atoms with Crippen molar-refractivity contribution in [1.82, 2.24) is 0 Å². The summed E-state index contributed by atoms with van der Waals surface area (Å²) in [4.78, 5) is 0. The summed E-state index contributed by atoms with van der Waals surface area (Å²) in [6, 6.07) is 0. The summed E-state index contributed by atoms with van der Waals surface area (Å²) in [6.07, 6.45) is 1.28. The molecule has 0 aromatic carbocycles. The number of hydrogen-bond acceptors (Lipinski definition) is 2. The summed E-state index contributed by atoms with van der Waals surface area (Å²) >= 11 is 0. The predicted octanol–water partition coefficient (Wildman–Crippen LogP) is 1.14. The zero-order chi connectivity index (χ0) is 6.27. The first-order valence-electron chi connectivity index (χ1n) is 3.31. The molecule has 2 rings (SSSR count). The van der Waals surface area contributed by atoms with Crippen LogP contribution in [0.1, 0.15) is 6.42 Å². The Bertz CT molecular complexity index is 128. The Balaban J connectivity index is 1.96. The van der Waals surface area contributed by atoms with Crippen molar-refractivity contribution >= 4 is 0 Å². The molecule has 0 aromatic rings. The highest BCUT2D eigenvalue weighted by atomic mass is 16.7. The van der Waals surface area contributed by atoms with Crippen LogP contribution in [-0.4, -0.2) is 13.2 Å². The van der Waals surface area contributed by atoms with Gasteiger partial charge in [0.25, 0.3) is 5.95 Å². The summed E-state index contributed by atoms with van der Waals surface area (Å²) in [5.41, 5.74) is 0. The maximum atomic E-state index is 5.14. The van der Waals surface area contributed by atoms with Crippen LogP contribution in [0, 0.1) is 11.8 Å². The topological polar surface area (TPSA) is 18.5 Å². The Morgan fingerprint density at radius 2 is 1.78 bits per heavy atom. The fourth-order valence-electron chi connectivity index (χ4n) is 1.16. The summed E-state index contributed by atoms with van der Waals surface area (Å²) in [6.45, 7) is 5.23. The van der Waals surface area contributed by atoms with Crippen molar-refractivity contribution in [2.45, 2.75) is 6.42 Å². The summed E-state index contributed by atoms with van der Waals surface area (Å²) in [5, 5.41) is 0. The molecular formula is C7H10O2. The highest BCUT2D eigenvalue weighted by molar-refractivity contribution is 4.90. The second kappa shape index (κ2) is 1.66. The van der Waals surface area contributed by atoms with Gasteiger partial charge in [0, 0.05) is 0 Å². The number of rotatable bonds is 0. The molecule has 2 fully saturated rings. The fraction of sp³-hybridized carbons (Fsp3) is 0.714. The van der Waals surface area contributed by atoms with Crippen LogP contribution >= 0.6 is 0 Å². The lowest BCUT2D eigenvalue weighted by molar-refractivity contribution is 0.0510. The van der Waals surface area contributed by atoms with Crippen LogP contribution in [0.4, 0.5) is 0 Å². The van der Waals surface area contributed by atoms with Crippen molar-refractivity contribution in [3.05, 3.63) is 12.5 Å². The minimum Gasteiger partial charge on any atom is -0.466 e. The van der Waals surface area contributed by atoms with Gasteiger partial charge < -0.3 is 9.47 Å². The fourth-order valence-corrected chi connectivity index (χ4v) is 1.16. The molecule has 2 nitrogen and oxygen atoms in total. The molecule has 50 valence electrons. The van der Waals surface area contributed by atoms with Crippen LogP contribution in [0.5, 0.6) is 0 Å². The smallest absolute Gasteiger partial charge is 0.271 e. The Morgan fingerprint density at radius 3 is 2.33 bits per heavy atom. The van der Waals surface area contributed by atoms with Gasteiger partial charge in [0.05, 0.1) is 13.2 Å². The van der Waals surface area contributed by atoms with Crippen LogP contribution < -0.4 is 0 Å². The van der Waals surface area contributed by atoms with Crippen molar-refractivity contribution in [1.29, 1.82) is 0 Å². The Labute approximate surface area is 54.5 Å². The van der Waals surface area contributed by atoms with Gasteiger partial charge in [-0.3, -0.25) is 0 Å². The van der Waals surface area contributed by atoms with Gasteiger partial charge >= 0.3 is 0 Å². The minimum absolute atomic E-state index is 0.502. The molecule has 1 heterocycles. The largest absolute Gasteiger partial charge is 0.466 e. The maximum Gasteiger partial charge on any atom is 0.271 e. The van der Waals surface area contributed by atoms with E-state index in [-0.39, 0.29) is 0 Å². The van der Waals surface area contributed by atoms with E-state index in [0.29, 0.717) is 5.95 Å². The lowest BCUT2D eigenvalue weighted by Gasteiger charge is -2.04. The molecule has 1 saturated carbocycles. The van der Waals surface area contributed by atoms with E-state index in [4.69, 9.17) is 9.47 Å². The van der Waals surface area contributed by atoms with E-state index < -0.39 is 0 Å². The highest BCUT2D eigenvalue weighted by Gasteiger charge is 2.40. The third-order valence-corrected chi connectivity index (χ3v) is 1.99. The third-order valence-electron chi connectivity index (χ3n) is 1.99. The van der Waals surface area contributed by atoms with Crippen molar-refractivity contribution in [3.63, 3.8) is 0 Å². The maximum absolute atomic E-state index is 5.14. The van der Waals surface area contributed by atoms with Gasteiger partial charge in [-0.05, 0) is 24.8 Å². The Hall–Kier alpha value is -0.660. The van der Waals surface area contributed by atoms with Gasteiger partial charge in [0.2, 0.25) is 0 Å². The third kappa shape index (κ3) is 0.889. The van der Waals surface area contributed by atoms with Gasteiger partial charge in [0.15, 0.2) is 0 Å². The standard InChI is InChI=1S/C7H10O2/c1-5-8-3-6-2-7(6)4-9-5/h6-7H,1-4H2. The van der Waals surface area contributed by atoms with Crippen LogP contribution in [0.25, 0.3) is 0 Å². The van der Waals surface area contributed by atoms with Crippen molar-refractivity contribution in [2.75, 3.05) is 13.2 Å². The van der Waals surface area contributed by atoms with Crippen LogP contribution in [0.15, 0.2) is 12.5 Å². The van der Waals surface area contributed by atoms with E-state index in [9.17, 15) is 0 Å². The second-order valence-corrected chi connectivity index (χ2v) is 2.75. The molecule has 0 aromatic heterocycles. The molecule has 9 heavy (non-hydrogen) atoms.